The van der Waals surface area contributed by atoms with Crippen LogP contribution in [-0.4, -0.2) is 34.9 Å². The Bertz CT molecular complexity index is 532. The van der Waals surface area contributed by atoms with Crippen molar-refractivity contribution < 1.29 is 15.0 Å². The van der Waals surface area contributed by atoms with E-state index in [1.54, 1.807) is 0 Å². The molecule has 0 saturated carbocycles. The minimum atomic E-state index is -0.660. The lowest BCUT2D eigenvalue weighted by Gasteiger charge is -2.22. The largest absolute Gasteiger partial charge is 0.394 e. The number of carbonyl (C=O) groups is 1. The maximum absolute atomic E-state index is 12.2. The molecule has 0 aromatic rings. The second-order valence-electron chi connectivity index (χ2n) is 10.9. The summed E-state index contributed by atoms with van der Waals surface area (Å²) in [5.74, 6) is -0.0491. The summed E-state index contributed by atoms with van der Waals surface area (Å²) >= 11 is 0. The maximum Gasteiger partial charge on any atom is 0.220 e. The quantitative estimate of drug-likeness (QED) is 0.0711. The number of aliphatic hydroxyl groups is 2. The first-order valence-electron chi connectivity index (χ1n) is 16.0. The maximum atomic E-state index is 12.2. The van der Waals surface area contributed by atoms with Gasteiger partial charge in [0.15, 0.2) is 0 Å². The first-order valence-corrected chi connectivity index (χ1v) is 16.0. The lowest BCUT2D eigenvalue weighted by atomic mass is 10.0. The van der Waals surface area contributed by atoms with Crippen molar-refractivity contribution in [3.05, 3.63) is 24.3 Å². The Morgan fingerprint density at radius 1 is 0.649 bits per heavy atom. The van der Waals surface area contributed by atoms with Gasteiger partial charge in [0.25, 0.3) is 0 Å². The number of nitrogens with one attached hydrogen (secondary N) is 1. The second kappa shape index (κ2) is 29.4. The molecule has 0 aromatic carbocycles. The molecule has 0 fully saturated rings. The number of allylic oxidation sites excluding steroid dienone is 4. The van der Waals surface area contributed by atoms with Crippen LogP contribution >= 0.6 is 0 Å². The van der Waals surface area contributed by atoms with Gasteiger partial charge in [-0.2, -0.15) is 0 Å². The van der Waals surface area contributed by atoms with E-state index in [2.05, 4.69) is 43.5 Å². The summed E-state index contributed by atoms with van der Waals surface area (Å²) < 4.78 is 0. The minimum absolute atomic E-state index is 0.0491. The number of unbranched alkanes of at least 4 members (excludes halogenated alkanes) is 17. The molecule has 0 heterocycles. The zero-order valence-electron chi connectivity index (χ0n) is 24.7. The van der Waals surface area contributed by atoms with Crippen molar-refractivity contribution in [2.75, 3.05) is 6.61 Å². The van der Waals surface area contributed by atoms with E-state index in [1.807, 2.05) is 0 Å². The van der Waals surface area contributed by atoms with E-state index in [9.17, 15) is 15.0 Å². The van der Waals surface area contributed by atoms with Crippen LogP contribution in [0, 0.1) is 0 Å². The van der Waals surface area contributed by atoms with Crippen molar-refractivity contribution in [1.29, 1.82) is 0 Å². The van der Waals surface area contributed by atoms with E-state index in [1.165, 1.54) is 89.9 Å². The number of hydrogen-bond acceptors (Lipinski definition) is 3. The van der Waals surface area contributed by atoms with Crippen molar-refractivity contribution in [2.45, 2.75) is 174 Å². The number of aliphatic hydroxyl groups excluding tert-OH is 2. The summed E-state index contributed by atoms with van der Waals surface area (Å²) in [6.45, 7) is 4.28. The van der Waals surface area contributed by atoms with Crippen LogP contribution in [-0.2, 0) is 4.79 Å². The minimum Gasteiger partial charge on any atom is -0.394 e. The van der Waals surface area contributed by atoms with Crippen molar-refractivity contribution in [1.82, 2.24) is 5.32 Å². The zero-order chi connectivity index (χ0) is 27.2. The fraction of sp³-hybridized carbons (Fsp3) is 0.848. The molecule has 0 rings (SSSR count). The van der Waals surface area contributed by atoms with Crippen molar-refractivity contribution >= 4 is 5.91 Å². The Balaban J connectivity index is 3.64. The van der Waals surface area contributed by atoms with Gasteiger partial charge in [-0.15, -0.1) is 0 Å². The van der Waals surface area contributed by atoms with Gasteiger partial charge in [0.2, 0.25) is 5.91 Å². The summed E-state index contributed by atoms with van der Waals surface area (Å²) in [5, 5.41) is 22.9. The van der Waals surface area contributed by atoms with Crippen molar-refractivity contribution in [2.24, 2.45) is 0 Å². The Labute approximate surface area is 230 Å². The fourth-order valence-corrected chi connectivity index (χ4v) is 4.67. The molecule has 2 unspecified atom stereocenters. The SMILES string of the molecule is CCCC/C=C\C/C=C\CCCCCCCC(=O)NC(CO)C(O)CCCCCCCCCCCCC. The van der Waals surface area contributed by atoms with Gasteiger partial charge in [-0.3, -0.25) is 4.79 Å². The van der Waals surface area contributed by atoms with E-state index in [4.69, 9.17) is 0 Å². The van der Waals surface area contributed by atoms with Gasteiger partial charge < -0.3 is 15.5 Å². The van der Waals surface area contributed by atoms with Crippen molar-refractivity contribution in [3.63, 3.8) is 0 Å². The molecule has 4 heteroatoms. The van der Waals surface area contributed by atoms with Crippen LogP contribution in [0.15, 0.2) is 24.3 Å². The number of rotatable bonds is 28. The Morgan fingerprint density at radius 3 is 1.70 bits per heavy atom. The molecule has 0 aliphatic rings. The standard InChI is InChI=1S/C33H63NO3/c1-3-5-7-9-11-13-15-16-17-19-21-23-25-27-29-33(37)34-31(30-35)32(36)28-26-24-22-20-18-14-12-10-8-6-4-2/h9,11,15-16,31-32,35-36H,3-8,10,12-14,17-30H2,1-2H3,(H,34,37)/b11-9-,16-15-. The number of carbonyl (C=O) groups excluding carboxylic acids is 1. The van der Waals surface area contributed by atoms with E-state index >= 15 is 0 Å². The predicted molar refractivity (Wildman–Crippen MR) is 161 cm³/mol. The molecular formula is C33H63NO3. The van der Waals surface area contributed by atoms with Gasteiger partial charge in [0, 0.05) is 6.42 Å². The molecule has 4 nitrogen and oxygen atoms in total. The molecule has 37 heavy (non-hydrogen) atoms. The molecule has 218 valence electrons. The van der Waals surface area contributed by atoms with E-state index in [0.717, 1.165) is 44.9 Å². The Kier molecular flexibility index (Phi) is 28.5. The fourth-order valence-electron chi connectivity index (χ4n) is 4.67. The molecule has 0 aliphatic carbocycles. The Morgan fingerprint density at radius 2 is 1.14 bits per heavy atom. The highest BCUT2D eigenvalue weighted by molar-refractivity contribution is 5.76. The van der Waals surface area contributed by atoms with Crippen LogP contribution in [0.4, 0.5) is 0 Å². The van der Waals surface area contributed by atoms with Gasteiger partial charge in [0.1, 0.15) is 0 Å². The lowest BCUT2D eigenvalue weighted by Crippen LogP contribution is -2.45. The van der Waals surface area contributed by atoms with E-state index in [0.29, 0.717) is 12.8 Å². The van der Waals surface area contributed by atoms with E-state index in [-0.39, 0.29) is 12.5 Å². The molecule has 0 spiro atoms. The molecule has 0 bridgehead atoms. The average Bonchev–Trinajstić information content (AvgIpc) is 2.90. The molecule has 0 aromatic heterocycles. The average molecular weight is 522 g/mol. The summed E-state index contributed by atoms with van der Waals surface area (Å²) in [6, 6.07) is -0.538. The van der Waals surface area contributed by atoms with Crippen LogP contribution < -0.4 is 5.32 Å². The Hall–Kier alpha value is -1.13. The summed E-state index contributed by atoms with van der Waals surface area (Å²) in [6.07, 6.45) is 35.0. The topological polar surface area (TPSA) is 69.6 Å². The van der Waals surface area contributed by atoms with Crippen LogP contribution in [0.3, 0.4) is 0 Å². The molecular weight excluding hydrogens is 458 g/mol. The van der Waals surface area contributed by atoms with Gasteiger partial charge in [0.05, 0.1) is 18.8 Å². The highest BCUT2D eigenvalue weighted by atomic mass is 16.3. The summed E-state index contributed by atoms with van der Waals surface area (Å²) in [7, 11) is 0. The van der Waals surface area contributed by atoms with Crippen LogP contribution in [0.2, 0.25) is 0 Å². The lowest BCUT2D eigenvalue weighted by molar-refractivity contribution is -0.123. The molecule has 3 N–H and O–H groups in total. The first kappa shape index (κ1) is 35.9. The van der Waals surface area contributed by atoms with Crippen LogP contribution in [0.1, 0.15) is 162 Å². The highest BCUT2D eigenvalue weighted by Gasteiger charge is 2.19. The normalized spacial score (nSPS) is 13.5. The monoisotopic (exact) mass is 521 g/mol. The third kappa shape index (κ3) is 26.3. The zero-order valence-corrected chi connectivity index (χ0v) is 24.7. The molecule has 2 atom stereocenters. The first-order chi connectivity index (χ1) is 18.2. The van der Waals surface area contributed by atoms with E-state index < -0.39 is 12.1 Å². The van der Waals surface area contributed by atoms with Gasteiger partial charge in [-0.25, -0.2) is 0 Å². The predicted octanol–water partition coefficient (Wildman–Crippen LogP) is 8.95. The third-order valence-electron chi connectivity index (χ3n) is 7.22. The summed E-state index contributed by atoms with van der Waals surface area (Å²) in [4.78, 5) is 12.2. The molecule has 1 amide bonds. The van der Waals surface area contributed by atoms with Crippen LogP contribution in [0.25, 0.3) is 0 Å². The molecule has 0 saturated heterocycles. The highest BCUT2D eigenvalue weighted by Crippen LogP contribution is 2.14. The smallest absolute Gasteiger partial charge is 0.220 e. The molecule has 0 radical (unpaired) electrons. The van der Waals surface area contributed by atoms with Gasteiger partial charge in [-0.1, -0.05) is 141 Å². The van der Waals surface area contributed by atoms with Gasteiger partial charge in [-0.05, 0) is 38.5 Å². The van der Waals surface area contributed by atoms with Crippen LogP contribution in [0.5, 0.6) is 0 Å². The third-order valence-corrected chi connectivity index (χ3v) is 7.22. The van der Waals surface area contributed by atoms with Crippen molar-refractivity contribution in [3.8, 4) is 0 Å². The second-order valence-corrected chi connectivity index (χ2v) is 10.9. The number of hydrogen-bond donors (Lipinski definition) is 3. The van der Waals surface area contributed by atoms with Gasteiger partial charge >= 0.3 is 0 Å². The summed E-state index contributed by atoms with van der Waals surface area (Å²) in [5.41, 5.74) is 0. The number of amides is 1. The molecule has 0 aliphatic heterocycles.